The van der Waals surface area contributed by atoms with Crippen LogP contribution >= 0.6 is 0 Å². The zero-order valence-electron chi connectivity index (χ0n) is 10.2. The van der Waals surface area contributed by atoms with Crippen molar-refractivity contribution in [3.63, 3.8) is 0 Å². The number of anilines is 2. The number of nitrogens with zero attached hydrogens (tertiary/aromatic N) is 2. The maximum atomic E-state index is 13.2. The lowest BCUT2D eigenvalue weighted by Crippen LogP contribution is -2.15. The summed E-state index contributed by atoms with van der Waals surface area (Å²) >= 11 is 0. The smallest absolute Gasteiger partial charge is 0.163 e. The Morgan fingerprint density at radius 3 is 2.72 bits per heavy atom. The molecule has 0 bridgehead atoms. The molecular formula is C14H13FN2O. The van der Waals surface area contributed by atoms with Crippen molar-refractivity contribution in [2.75, 3.05) is 11.9 Å². The van der Waals surface area contributed by atoms with Crippen molar-refractivity contribution in [2.45, 2.75) is 6.92 Å². The Kier molecular flexibility index (Phi) is 3.37. The minimum Gasteiger partial charge on any atom is -0.329 e. The summed E-state index contributed by atoms with van der Waals surface area (Å²) in [5, 5.41) is 0. The highest BCUT2D eigenvalue weighted by atomic mass is 19.1. The molecule has 3 nitrogen and oxygen atoms in total. The summed E-state index contributed by atoms with van der Waals surface area (Å²) in [4.78, 5) is 17.4. The third kappa shape index (κ3) is 2.37. The van der Waals surface area contributed by atoms with Crippen LogP contribution in [0.15, 0.2) is 42.6 Å². The van der Waals surface area contributed by atoms with Crippen molar-refractivity contribution in [1.82, 2.24) is 4.98 Å². The molecule has 0 aliphatic rings. The van der Waals surface area contributed by atoms with E-state index in [0.29, 0.717) is 17.1 Å². The monoisotopic (exact) mass is 244 g/mol. The SMILES string of the molecule is CC(=O)c1cccnc1N(C)c1cccc(F)c1. The fraction of sp³-hybridized carbons (Fsp3) is 0.143. The molecule has 1 heterocycles. The molecule has 2 rings (SSSR count). The highest BCUT2D eigenvalue weighted by molar-refractivity contribution is 5.99. The number of pyridine rings is 1. The average molecular weight is 244 g/mol. The predicted molar refractivity (Wildman–Crippen MR) is 68.7 cm³/mol. The van der Waals surface area contributed by atoms with Crippen LogP contribution < -0.4 is 4.90 Å². The van der Waals surface area contributed by atoms with E-state index in [1.807, 2.05) is 0 Å². The molecule has 18 heavy (non-hydrogen) atoms. The second kappa shape index (κ2) is 4.96. The fourth-order valence-corrected chi connectivity index (χ4v) is 1.75. The first-order valence-electron chi connectivity index (χ1n) is 5.55. The normalized spacial score (nSPS) is 10.2. The molecule has 0 fully saturated rings. The quantitative estimate of drug-likeness (QED) is 0.777. The van der Waals surface area contributed by atoms with Gasteiger partial charge >= 0.3 is 0 Å². The Morgan fingerprint density at radius 2 is 2.06 bits per heavy atom. The van der Waals surface area contributed by atoms with E-state index in [2.05, 4.69) is 4.98 Å². The second-order valence-electron chi connectivity index (χ2n) is 3.97. The van der Waals surface area contributed by atoms with Gasteiger partial charge in [-0.15, -0.1) is 0 Å². The number of Topliss-reactive ketones (excluding diaryl/α,β-unsaturated/α-hetero) is 1. The predicted octanol–water partition coefficient (Wildman–Crippen LogP) is 3.19. The largest absolute Gasteiger partial charge is 0.329 e. The summed E-state index contributed by atoms with van der Waals surface area (Å²) in [6, 6.07) is 9.58. The van der Waals surface area contributed by atoms with Crippen molar-refractivity contribution < 1.29 is 9.18 Å². The molecule has 0 unspecified atom stereocenters. The number of ketones is 1. The summed E-state index contributed by atoms with van der Waals surface area (Å²) in [5.41, 5.74) is 1.17. The van der Waals surface area contributed by atoms with Gasteiger partial charge in [0.2, 0.25) is 0 Å². The van der Waals surface area contributed by atoms with Crippen molar-refractivity contribution >= 4 is 17.3 Å². The van der Waals surface area contributed by atoms with Gasteiger partial charge in [-0.1, -0.05) is 6.07 Å². The summed E-state index contributed by atoms with van der Waals surface area (Å²) < 4.78 is 13.2. The van der Waals surface area contributed by atoms with E-state index < -0.39 is 0 Å². The first kappa shape index (κ1) is 12.2. The van der Waals surface area contributed by atoms with Gasteiger partial charge in [-0.25, -0.2) is 9.37 Å². The Hall–Kier alpha value is -2.23. The minimum absolute atomic E-state index is 0.0682. The van der Waals surface area contributed by atoms with Crippen molar-refractivity contribution in [3.05, 3.63) is 54.0 Å². The third-order valence-corrected chi connectivity index (χ3v) is 2.68. The second-order valence-corrected chi connectivity index (χ2v) is 3.97. The maximum Gasteiger partial charge on any atom is 0.163 e. The number of hydrogen-bond acceptors (Lipinski definition) is 3. The van der Waals surface area contributed by atoms with Gasteiger partial charge in [-0.2, -0.15) is 0 Å². The molecule has 0 aliphatic heterocycles. The summed E-state index contributed by atoms with van der Waals surface area (Å²) in [5.74, 6) is 0.136. The van der Waals surface area contributed by atoms with Crippen LogP contribution in [0, 0.1) is 5.82 Å². The van der Waals surface area contributed by atoms with Crippen LogP contribution in [-0.4, -0.2) is 17.8 Å². The van der Waals surface area contributed by atoms with Crippen LogP contribution in [0.1, 0.15) is 17.3 Å². The number of rotatable bonds is 3. The molecule has 1 aromatic carbocycles. The van der Waals surface area contributed by atoms with Crippen LogP contribution in [0.3, 0.4) is 0 Å². The third-order valence-electron chi connectivity index (χ3n) is 2.68. The Morgan fingerprint density at radius 1 is 1.28 bits per heavy atom. The van der Waals surface area contributed by atoms with Crippen LogP contribution in [0.2, 0.25) is 0 Å². The zero-order chi connectivity index (χ0) is 13.1. The number of carbonyl (C=O) groups excluding carboxylic acids is 1. The van der Waals surface area contributed by atoms with E-state index in [1.54, 1.807) is 42.4 Å². The lowest BCUT2D eigenvalue weighted by molar-refractivity contribution is 0.101. The molecule has 0 spiro atoms. The molecule has 92 valence electrons. The van der Waals surface area contributed by atoms with E-state index in [4.69, 9.17) is 0 Å². The summed E-state index contributed by atoms with van der Waals surface area (Å²) in [6.45, 7) is 1.49. The molecule has 0 saturated carbocycles. The topological polar surface area (TPSA) is 33.2 Å². The van der Waals surface area contributed by atoms with Gasteiger partial charge < -0.3 is 4.90 Å². The first-order chi connectivity index (χ1) is 8.59. The molecule has 1 aromatic heterocycles. The van der Waals surface area contributed by atoms with Crippen molar-refractivity contribution in [2.24, 2.45) is 0 Å². The molecule has 0 amide bonds. The Labute approximate surface area is 105 Å². The van der Waals surface area contributed by atoms with E-state index in [0.717, 1.165) is 0 Å². The molecule has 0 atom stereocenters. The molecule has 0 radical (unpaired) electrons. The number of halogens is 1. The lowest BCUT2D eigenvalue weighted by Gasteiger charge is -2.20. The standard InChI is InChI=1S/C14H13FN2O/c1-10(18)13-7-4-8-16-14(13)17(2)12-6-3-5-11(15)9-12/h3-9H,1-2H3. The molecule has 0 N–H and O–H groups in total. The van der Waals surface area contributed by atoms with Crippen molar-refractivity contribution in [3.8, 4) is 0 Å². The highest BCUT2D eigenvalue weighted by Crippen LogP contribution is 2.25. The Balaban J connectivity index is 2.46. The van der Waals surface area contributed by atoms with Crippen molar-refractivity contribution in [1.29, 1.82) is 0 Å². The van der Waals surface area contributed by atoms with E-state index in [1.165, 1.54) is 19.1 Å². The molecule has 2 aromatic rings. The van der Waals surface area contributed by atoms with Crippen LogP contribution in [0.25, 0.3) is 0 Å². The summed E-state index contributed by atoms with van der Waals surface area (Å²) in [6.07, 6.45) is 1.61. The fourth-order valence-electron chi connectivity index (χ4n) is 1.75. The van der Waals surface area contributed by atoms with Gasteiger partial charge in [-0.3, -0.25) is 4.79 Å². The maximum absolute atomic E-state index is 13.2. The van der Waals surface area contributed by atoms with Gasteiger partial charge in [-0.05, 0) is 37.3 Å². The van der Waals surface area contributed by atoms with Gasteiger partial charge in [0.05, 0.1) is 5.56 Å². The minimum atomic E-state index is -0.320. The number of hydrogen-bond donors (Lipinski definition) is 0. The molecule has 4 heteroatoms. The zero-order valence-corrected chi connectivity index (χ0v) is 10.2. The number of carbonyl (C=O) groups is 1. The summed E-state index contributed by atoms with van der Waals surface area (Å²) in [7, 11) is 1.75. The van der Waals surface area contributed by atoms with E-state index in [9.17, 15) is 9.18 Å². The Bertz CT molecular complexity index is 584. The molecular weight excluding hydrogens is 231 g/mol. The first-order valence-corrected chi connectivity index (χ1v) is 5.55. The number of aromatic nitrogens is 1. The number of benzene rings is 1. The highest BCUT2D eigenvalue weighted by Gasteiger charge is 2.13. The van der Waals surface area contributed by atoms with Crippen LogP contribution in [-0.2, 0) is 0 Å². The average Bonchev–Trinajstić information content (AvgIpc) is 2.38. The van der Waals surface area contributed by atoms with Gasteiger partial charge in [0.15, 0.2) is 5.78 Å². The van der Waals surface area contributed by atoms with Gasteiger partial charge in [0.1, 0.15) is 11.6 Å². The lowest BCUT2D eigenvalue weighted by atomic mass is 10.1. The van der Waals surface area contributed by atoms with E-state index in [-0.39, 0.29) is 11.6 Å². The van der Waals surface area contributed by atoms with Crippen LogP contribution in [0.5, 0.6) is 0 Å². The van der Waals surface area contributed by atoms with Gasteiger partial charge in [0.25, 0.3) is 0 Å². The van der Waals surface area contributed by atoms with Gasteiger partial charge in [0, 0.05) is 18.9 Å². The van der Waals surface area contributed by atoms with Crippen LogP contribution in [0.4, 0.5) is 15.9 Å². The van der Waals surface area contributed by atoms with E-state index >= 15 is 0 Å². The molecule has 0 aliphatic carbocycles. The molecule has 0 saturated heterocycles.